The quantitative estimate of drug-likeness (QED) is 0.374. The standard InChI is InChI=1S/C28H26FN5O2/c1-18(19-8-3-2-4-9-19)33-25-14-24(31-26(25)27(35)34(28(33)36)22-11-7-12-22)21-15-30-32(17-21)16-20-10-5-6-13-23(20)29/h2-6,8-10,13-15,17-18,22,31H,7,11-12,16H2,1H3. The summed E-state index contributed by atoms with van der Waals surface area (Å²) in [4.78, 5) is 30.4. The molecular weight excluding hydrogens is 457 g/mol. The largest absolute Gasteiger partial charge is 0.349 e. The third-order valence-electron chi connectivity index (χ3n) is 7.24. The molecule has 0 amide bonds. The van der Waals surface area contributed by atoms with Crippen LogP contribution in [0.1, 0.15) is 49.4 Å². The zero-order valence-corrected chi connectivity index (χ0v) is 19.9. The Morgan fingerprint density at radius 2 is 1.83 bits per heavy atom. The molecule has 6 rings (SSSR count). The van der Waals surface area contributed by atoms with Gasteiger partial charge in [0, 0.05) is 23.4 Å². The van der Waals surface area contributed by atoms with Crippen molar-refractivity contribution in [1.29, 1.82) is 0 Å². The summed E-state index contributed by atoms with van der Waals surface area (Å²) in [7, 11) is 0. The Balaban J connectivity index is 1.47. The molecule has 0 spiro atoms. The smallest absolute Gasteiger partial charge is 0.332 e. The fourth-order valence-electron chi connectivity index (χ4n) is 4.99. The Kier molecular flexibility index (Phi) is 5.44. The summed E-state index contributed by atoms with van der Waals surface area (Å²) in [5, 5.41) is 4.39. The molecule has 1 aliphatic rings. The number of nitrogens with zero attached hydrogens (tertiary/aromatic N) is 4. The highest BCUT2D eigenvalue weighted by Gasteiger charge is 2.28. The predicted octanol–water partition coefficient (Wildman–Crippen LogP) is 4.88. The summed E-state index contributed by atoms with van der Waals surface area (Å²) >= 11 is 0. The number of aromatic nitrogens is 5. The van der Waals surface area contributed by atoms with Crippen molar-refractivity contribution in [2.24, 2.45) is 0 Å². The lowest BCUT2D eigenvalue weighted by molar-refractivity contribution is 0.291. The van der Waals surface area contributed by atoms with Crippen LogP contribution in [0.3, 0.4) is 0 Å². The van der Waals surface area contributed by atoms with Crippen LogP contribution in [0.5, 0.6) is 0 Å². The summed E-state index contributed by atoms with van der Waals surface area (Å²) < 4.78 is 18.9. The number of aromatic amines is 1. The molecular formula is C28H26FN5O2. The Hall–Kier alpha value is -4.20. The van der Waals surface area contributed by atoms with Crippen molar-refractivity contribution in [2.45, 2.75) is 44.8 Å². The molecule has 0 aliphatic heterocycles. The van der Waals surface area contributed by atoms with E-state index in [4.69, 9.17) is 0 Å². The van der Waals surface area contributed by atoms with Gasteiger partial charge in [-0.3, -0.25) is 18.6 Å². The van der Waals surface area contributed by atoms with Gasteiger partial charge < -0.3 is 4.98 Å². The third kappa shape index (κ3) is 3.69. The van der Waals surface area contributed by atoms with Crippen molar-refractivity contribution in [2.75, 3.05) is 0 Å². The molecule has 5 aromatic rings. The summed E-state index contributed by atoms with van der Waals surface area (Å²) in [5.74, 6) is -0.282. The van der Waals surface area contributed by atoms with Gasteiger partial charge in [-0.25, -0.2) is 9.18 Å². The SMILES string of the molecule is CC(c1ccccc1)n1c(=O)n(C2CCC2)c(=O)c2[nH]c(-c3cnn(Cc4ccccc4F)c3)cc21. The van der Waals surface area contributed by atoms with Gasteiger partial charge in [0.25, 0.3) is 5.56 Å². The second kappa shape index (κ2) is 8.78. The first-order valence-electron chi connectivity index (χ1n) is 12.2. The molecule has 1 saturated carbocycles. The van der Waals surface area contributed by atoms with Crippen molar-refractivity contribution >= 4 is 11.0 Å². The van der Waals surface area contributed by atoms with Crippen molar-refractivity contribution in [3.05, 3.63) is 111 Å². The van der Waals surface area contributed by atoms with E-state index in [2.05, 4.69) is 10.1 Å². The first-order chi connectivity index (χ1) is 17.5. The van der Waals surface area contributed by atoms with Gasteiger partial charge in [-0.05, 0) is 43.9 Å². The molecule has 0 saturated heterocycles. The zero-order chi connectivity index (χ0) is 24.8. The zero-order valence-electron chi connectivity index (χ0n) is 19.9. The second-order valence-electron chi connectivity index (χ2n) is 9.46. The van der Waals surface area contributed by atoms with Crippen LogP contribution in [0.15, 0.2) is 82.6 Å². The first kappa shape index (κ1) is 22.3. The van der Waals surface area contributed by atoms with Crippen LogP contribution in [0.25, 0.3) is 22.3 Å². The average molecular weight is 484 g/mol. The maximum absolute atomic E-state index is 14.1. The van der Waals surface area contributed by atoms with E-state index in [1.165, 1.54) is 10.6 Å². The van der Waals surface area contributed by atoms with E-state index < -0.39 is 0 Å². The van der Waals surface area contributed by atoms with Gasteiger partial charge >= 0.3 is 5.69 Å². The fourth-order valence-corrected chi connectivity index (χ4v) is 4.99. The minimum Gasteiger partial charge on any atom is -0.349 e. The van der Waals surface area contributed by atoms with Gasteiger partial charge in [0.05, 0.1) is 30.0 Å². The highest BCUT2D eigenvalue weighted by Crippen LogP contribution is 2.31. The Labute approximate surface area is 206 Å². The van der Waals surface area contributed by atoms with Crippen molar-refractivity contribution in [1.82, 2.24) is 23.9 Å². The summed E-state index contributed by atoms with van der Waals surface area (Å²) in [6.07, 6.45) is 6.16. The number of fused-ring (bicyclic) bond motifs is 1. The van der Waals surface area contributed by atoms with E-state index in [0.29, 0.717) is 22.3 Å². The van der Waals surface area contributed by atoms with Gasteiger partial charge in [-0.15, -0.1) is 0 Å². The van der Waals surface area contributed by atoms with Gasteiger partial charge in [-0.2, -0.15) is 5.10 Å². The van der Waals surface area contributed by atoms with E-state index in [0.717, 1.165) is 30.4 Å². The van der Waals surface area contributed by atoms with Crippen LogP contribution < -0.4 is 11.2 Å². The molecule has 3 heterocycles. The molecule has 182 valence electrons. The molecule has 8 heteroatoms. The lowest BCUT2D eigenvalue weighted by Crippen LogP contribution is -2.44. The lowest BCUT2D eigenvalue weighted by atomic mass is 9.93. The van der Waals surface area contributed by atoms with E-state index in [-0.39, 0.29) is 35.7 Å². The van der Waals surface area contributed by atoms with Crippen molar-refractivity contribution < 1.29 is 4.39 Å². The van der Waals surface area contributed by atoms with Gasteiger partial charge in [-0.1, -0.05) is 48.5 Å². The molecule has 1 N–H and O–H groups in total. The molecule has 3 aromatic heterocycles. The van der Waals surface area contributed by atoms with Crippen LogP contribution in [0.2, 0.25) is 0 Å². The Bertz CT molecular complexity index is 1670. The Morgan fingerprint density at radius 3 is 2.56 bits per heavy atom. The van der Waals surface area contributed by atoms with E-state index >= 15 is 0 Å². The van der Waals surface area contributed by atoms with Crippen molar-refractivity contribution in [3.63, 3.8) is 0 Å². The first-order valence-corrected chi connectivity index (χ1v) is 12.2. The normalized spacial score (nSPS) is 14.7. The van der Waals surface area contributed by atoms with Crippen LogP contribution in [-0.4, -0.2) is 23.9 Å². The number of halogens is 1. The Morgan fingerprint density at radius 1 is 1.08 bits per heavy atom. The van der Waals surface area contributed by atoms with E-state index in [1.807, 2.05) is 49.5 Å². The summed E-state index contributed by atoms with van der Waals surface area (Å²) in [6.45, 7) is 2.27. The van der Waals surface area contributed by atoms with Crippen LogP contribution >= 0.6 is 0 Å². The number of rotatable bonds is 6. The second-order valence-corrected chi connectivity index (χ2v) is 9.46. The molecule has 1 aliphatic carbocycles. The fraction of sp³-hybridized carbons (Fsp3) is 0.250. The van der Waals surface area contributed by atoms with Crippen LogP contribution in [0, 0.1) is 5.82 Å². The van der Waals surface area contributed by atoms with Gasteiger partial charge in [0.2, 0.25) is 0 Å². The minimum atomic E-state index is -0.291. The minimum absolute atomic E-state index is 0.0705. The predicted molar refractivity (Wildman–Crippen MR) is 137 cm³/mol. The monoisotopic (exact) mass is 483 g/mol. The number of benzene rings is 2. The maximum Gasteiger partial charge on any atom is 0.332 e. The maximum atomic E-state index is 14.1. The molecule has 0 radical (unpaired) electrons. The van der Waals surface area contributed by atoms with Gasteiger partial charge in [0.1, 0.15) is 11.3 Å². The summed E-state index contributed by atoms with van der Waals surface area (Å²) in [6, 6.07) is 17.9. The summed E-state index contributed by atoms with van der Waals surface area (Å²) in [5.41, 5.74) is 3.36. The van der Waals surface area contributed by atoms with E-state index in [1.54, 1.807) is 33.6 Å². The number of H-pyrrole nitrogens is 1. The highest BCUT2D eigenvalue weighted by molar-refractivity contribution is 5.82. The average Bonchev–Trinajstić information content (AvgIpc) is 3.50. The molecule has 7 nitrogen and oxygen atoms in total. The topological polar surface area (TPSA) is 77.6 Å². The molecule has 1 fully saturated rings. The number of nitrogens with one attached hydrogen (secondary N) is 1. The van der Waals surface area contributed by atoms with Crippen LogP contribution in [-0.2, 0) is 6.54 Å². The van der Waals surface area contributed by atoms with Crippen LogP contribution in [0.4, 0.5) is 4.39 Å². The molecule has 36 heavy (non-hydrogen) atoms. The number of hydrogen-bond donors (Lipinski definition) is 1. The molecule has 0 bridgehead atoms. The van der Waals surface area contributed by atoms with Gasteiger partial charge in [0.15, 0.2) is 0 Å². The number of hydrogen-bond acceptors (Lipinski definition) is 3. The van der Waals surface area contributed by atoms with Crippen molar-refractivity contribution in [3.8, 4) is 11.3 Å². The molecule has 1 atom stereocenters. The molecule has 1 unspecified atom stereocenters. The third-order valence-corrected chi connectivity index (χ3v) is 7.24. The lowest BCUT2D eigenvalue weighted by Gasteiger charge is -2.28. The highest BCUT2D eigenvalue weighted by atomic mass is 19.1. The van der Waals surface area contributed by atoms with E-state index in [9.17, 15) is 14.0 Å². The molecule has 2 aromatic carbocycles.